The van der Waals surface area contributed by atoms with Crippen LogP contribution in [0.4, 0.5) is 5.69 Å². The van der Waals surface area contributed by atoms with E-state index in [1.54, 1.807) is 0 Å². The molecule has 0 unspecified atom stereocenters. The topological polar surface area (TPSA) is 21.3 Å². The Hall–Kier alpha value is -0.830. The van der Waals surface area contributed by atoms with Crippen molar-refractivity contribution in [3.63, 3.8) is 0 Å². The molecule has 1 heterocycles. The fourth-order valence-electron chi connectivity index (χ4n) is 1.27. The largest absolute Gasteiger partial charge is 0.494 e. The third-order valence-electron chi connectivity index (χ3n) is 1.91. The lowest BCUT2D eigenvalue weighted by Crippen LogP contribution is -1.95. The summed E-state index contributed by atoms with van der Waals surface area (Å²) in [4.78, 5) is 1.32. The lowest BCUT2D eigenvalue weighted by atomic mass is 10.3. The fraction of sp³-hybridized carbons (Fsp3) is 0.400. The molecule has 0 aliphatic carbocycles. The van der Waals surface area contributed by atoms with Gasteiger partial charge in [-0.05, 0) is 18.6 Å². The van der Waals surface area contributed by atoms with Crippen LogP contribution in [0.25, 0.3) is 0 Å². The van der Waals surface area contributed by atoms with E-state index < -0.39 is 0 Å². The van der Waals surface area contributed by atoms with E-state index in [0.29, 0.717) is 0 Å². The number of nitrogens with one attached hydrogen (secondary N) is 1. The third-order valence-corrected chi connectivity index (χ3v) is 2.87. The molecule has 13 heavy (non-hydrogen) atoms. The van der Waals surface area contributed by atoms with Crippen molar-refractivity contribution in [3.05, 3.63) is 18.2 Å². The molecular formula is C10H13NOS. The molecule has 0 spiro atoms. The Morgan fingerprint density at radius 3 is 3.31 bits per heavy atom. The summed E-state index contributed by atoms with van der Waals surface area (Å²) in [5.74, 6) is 1.95. The summed E-state index contributed by atoms with van der Waals surface area (Å²) in [7, 11) is 0. The molecule has 0 bridgehead atoms. The van der Waals surface area contributed by atoms with Gasteiger partial charge in [-0.1, -0.05) is 6.92 Å². The first-order chi connectivity index (χ1) is 6.40. The molecule has 0 atom stereocenters. The van der Waals surface area contributed by atoms with E-state index in [4.69, 9.17) is 4.74 Å². The summed E-state index contributed by atoms with van der Waals surface area (Å²) in [6.07, 6.45) is 1.05. The van der Waals surface area contributed by atoms with Gasteiger partial charge in [0.15, 0.2) is 0 Å². The Bertz CT molecular complexity index is 301. The number of anilines is 1. The summed E-state index contributed by atoms with van der Waals surface area (Å²) >= 11 is 1.83. The van der Waals surface area contributed by atoms with Crippen molar-refractivity contribution in [1.82, 2.24) is 0 Å². The minimum absolute atomic E-state index is 0.798. The SMILES string of the molecule is CCCOc1ccc2c(c1)NCS2. The average molecular weight is 195 g/mol. The Morgan fingerprint density at radius 1 is 1.54 bits per heavy atom. The Labute approximate surface area is 82.7 Å². The van der Waals surface area contributed by atoms with Crippen molar-refractivity contribution in [2.75, 3.05) is 17.8 Å². The predicted octanol–water partition coefficient (Wildman–Crippen LogP) is 2.95. The van der Waals surface area contributed by atoms with Crippen LogP contribution in [0.15, 0.2) is 23.1 Å². The van der Waals surface area contributed by atoms with E-state index in [9.17, 15) is 0 Å². The smallest absolute Gasteiger partial charge is 0.121 e. The number of benzene rings is 1. The molecule has 0 aromatic heterocycles. The lowest BCUT2D eigenvalue weighted by molar-refractivity contribution is 0.317. The first kappa shape index (κ1) is 8.75. The van der Waals surface area contributed by atoms with E-state index in [0.717, 1.165) is 24.7 Å². The molecule has 1 aliphatic rings. The predicted molar refractivity (Wildman–Crippen MR) is 56.6 cm³/mol. The van der Waals surface area contributed by atoms with Gasteiger partial charge in [-0.3, -0.25) is 0 Å². The van der Waals surface area contributed by atoms with Crippen LogP contribution in [0.3, 0.4) is 0 Å². The van der Waals surface area contributed by atoms with E-state index in [1.807, 2.05) is 17.8 Å². The summed E-state index contributed by atoms with van der Waals surface area (Å²) in [6, 6.07) is 6.23. The van der Waals surface area contributed by atoms with Gasteiger partial charge in [0.1, 0.15) is 5.75 Å². The Morgan fingerprint density at radius 2 is 2.46 bits per heavy atom. The van der Waals surface area contributed by atoms with Crippen LogP contribution in [0, 0.1) is 0 Å². The molecule has 1 aliphatic heterocycles. The van der Waals surface area contributed by atoms with E-state index >= 15 is 0 Å². The molecule has 1 N–H and O–H groups in total. The van der Waals surface area contributed by atoms with Crippen molar-refractivity contribution in [2.24, 2.45) is 0 Å². The molecule has 1 aromatic carbocycles. The van der Waals surface area contributed by atoms with Gasteiger partial charge in [-0.25, -0.2) is 0 Å². The molecular weight excluding hydrogens is 182 g/mol. The highest BCUT2D eigenvalue weighted by atomic mass is 32.2. The zero-order valence-electron chi connectivity index (χ0n) is 7.67. The summed E-state index contributed by atoms with van der Waals surface area (Å²) in [6.45, 7) is 2.91. The zero-order valence-corrected chi connectivity index (χ0v) is 8.49. The van der Waals surface area contributed by atoms with Gasteiger partial charge in [0.2, 0.25) is 0 Å². The quantitative estimate of drug-likeness (QED) is 0.801. The van der Waals surface area contributed by atoms with Crippen molar-refractivity contribution in [3.8, 4) is 5.75 Å². The number of hydrogen-bond acceptors (Lipinski definition) is 3. The molecule has 3 heteroatoms. The number of ether oxygens (including phenoxy) is 1. The van der Waals surface area contributed by atoms with Gasteiger partial charge in [0.05, 0.1) is 18.2 Å². The van der Waals surface area contributed by atoms with Gasteiger partial charge in [-0.2, -0.15) is 0 Å². The monoisotopic (exact) mass is 195 g/mol. The highest BCUT2D eigenvalue weighted by Gasteiger charge is 2.10. The standard InChI is InChI=1S/C10H13NOS/c1-2-5-12-8-3-4-10-9(6-8)11-7-13-10/h3-4,6,11H,2,5,7H2,1H3. The van der Waals surface area contributed by atoms with Crippen molar-refractivity contribution < 1.29 is 4.74 Å². The van der Waals surface area contributed by atoms with Gasteiger partial charge < -0.3 is 10.1 Å². The van der Waals surface area contributed by atoms with Crippen molar-refractivity contribution in [1.29, 1.82) is 0 Å². The van der Waals surface area contributed by atoms with E-state index in [1.165, 1.54) is 10.6 Å². The first-order valence-electron chi connectivity index (χ1n) is 4.53. The number of thioether (sulfide) groups is 1. The highest BCUT2D eigenvalue weighted by Crippen LogP contribution is 2.35. The van der Waals surface area contributed by atoms with Gasteiger partial charge in [0, 0.05) is 11.0 Å². The number of fused-ring (bicyclic) bond motifs is 1. The second kappa shape index (κ2) is 3.92. The molecule has 2 nitrogen and oxygen atoms in total. The van der Waals surface area contributed by atoms with Gasteiger partial charge in [-0.15, -0.1) is 11.8 Å². The van der Waals surface area contributed by atoms with Crippen LogP contribution in [-0.2, 0) is 0 Å². The highest BCUT2D eigenvalue weighted by molar-refractivity contribution is 7.99. The first-order valence-corrected chi connectivity index (χ1v) is 5.52. The lowest BCUT2D eigenvalue weighted by Gasteiger charge is -2.05. The molecule has 0 radical (unpaired) electrons. The van der Waals surface area contributed by atoms with E-state index in [-0.39, 0.29) is 0 Å². The molecule has 70 valence electrons. The second-order valence-corrected chi connectivity index (χ2v) is 3.99. The normalized spacial score (nSPS) is 13.6. The van der Waals surface area contributed by atoms with Crippen LogP contribution in [0.5, 0.6) is 5.75 Å². The summed E-state index contributed by atoms with van der Waals surface area (Å²) in [5, 5.41) is 3.30. The fourth-order valence-corrected chi connectivity index (χ4v) is 2.11. The molecule has 0 saturated heterocycles. The van der Waals surface area contributed by atoms with E-state index in [2.05, 4.69) is 24.4 Å². The maximum Gasteiger partial charge on any atom is 0.121 e. The minimum Gasteiger partial charge on any atom is -0.494 e. The van der Waals surface area contributed by atoms with Crippen LogP contribution in [0.2, 0.25) is 0 Å². The average Bonchev–Trinajstić information content (AvgIpc) is 2.61. The van der Waals surface area contributed by atoms with Crippen molar-refractivity contribution in [2.45, 2.75) is 18.2 Å². The molecule has 0 fully saturated rings. The maximum absolute atomic E-state index is 5.53. The van der Waals surface area contributed by atoms with Gasteiger partial charge >= 0.3 is 0 Å². The Balaban J connectivity index is 2.12. The molecule has 1 aromatic rings. The Kier molecular flexibility index (Phi) is 2.64. The van der Waals surface area contributed by atoms with Crippen LogP contribution in [-0.4, -0.2) is 12.5 Å². The third kappa shape index (κ3) is 1.91. The summed E-state index contributed by atoms with van der Waals surface area (Å²) < 4.78 is 5.53. The second-order valence-electron chi connectivity index (χ2n) is 2.97. The molecule has 2 rings (SSSR count). The van der Waals surface area contributed by atoms with Crippen molar-refractivity contribution >= 4 is 17.4 Å². The zero-order chi connectivity index (χ0) is 9.10. The summed E-state index contributed by atoms with van der Waals surface area (Å²) in [5.41, 5.74) is 1.21. The number of rotatable bonds is 3. The van der Waals surface area contributed by atoms with Crippen LogP contribution < -0.4 is 10.1 Å². The van der Waals surface area contributed by atoms with Crippen LogP contribution in [0.1, 0.15) is 13.3 Å². The molecule has 0 amide bonds. The maximum atomic E-state index is 5.53. The number of hydrogen-bond donors (Lipinski definition) is 1. The molecule has 0 saturated carbocycles. The van der Waals surface area contributed by atoms with Gasteiger partial charge in [0.25, 0.3) is 0 Å². The minimum atomic E-state index is 0.798. The van der Waals surface area contributed by atoms with Crippen LogP contribution >= 0.6 is 11.8 Å².